The van der Waals surface area contributed by atoms with Crippen molar-refractivity contribution in [1.29, 1.82) is 0 Å². The van der Waals surface area contributed by atoms with Crippen LogP contribution in [0.2, 0.25) is 0 Å². The van der Waals surface area contributed by atoms with Crippen LogP contribution >= 0.6 is 0 Å². The normalized spacial score (nSPS) is 15.4. The van der Waals surface area contributed by atoms with Crippen molar-refractivity contribution in [2.75, 3.05) is 32.0 Å². The van der Waals surface area contributed by atoms with Gasteiger partial charge in [-0.3, -0.25) is 24.2 Å². The Labute approximate surface area is 315 Å². The number of fused-ring (bicyclic) bond motifs is 2. The van der Waals surface area contributed by atoms with E-state index in [1.807, 2.05) is 61.2 Å². The number of amides is 4. The first kappa shape index (κ1) is 38.0. The summed E-state index contributed by atoms with van der Waals surface area (Å²) in [7, 11) is 1.52. The maximum Gasteiger partial charge on any atom is 0.255 e. The monoisotopic (exact) mass is 732 g/mol. The average Bonchev–Trinajstić information content (AvgIpc) is 3.53. The van der Waals surface area contributed by atoms with E-state index in [4.69, 9.17) is 0 Å². The van der Waals surface area contributed by atoms with Crippen molar-refractivity contribution in [3.05, 3.63) is 100 Å². The summed E-state index contributed by atoms with van der Waals surface area (Å²) < 4.78 is 0. The molecule has 3 aromatic carbocycles. The Balaban J connectivity index is 1.12. The standard InChI is InChI=1S/C42H48N6O6/c1-4-9-36(50)46-37(32-22-26(2)30-13-7-18-44-38(30)39(32)51)28-10-5-11-29(23-28)41(53)47-19-16-27(17-20-47)24-45-34-14-6-12-31-33(34)25-48(42(31)54)35(15-8-21-49)40(52)43-3/h5-7,10-14,18,21-23,27,35,37,45,51H,4,8-9,15-17,19-20,24-25H2,1-3H3,(H,43,52)(H,46,50). The largest absolute Gasteiger partial charge is 0.505 e. The van der Waals surface area contributed by atoms with Gasteiger partial charge in [0.05, 0.1) is 6.04 Å². The van der Waals surface area contributed by atoms with Crippen molar-refractivity contribution in [2.24, 2.45) is 5.92 Å². The molecule has 1 aromatic heterocycles. The Hall–Kier alpha value is -5.78. The maximum absolute atomic E-state index is 13.9. The second kappa shape index (κ2) is 16.9. The highest BCUT2D eigenvalue weighted by atomic mass is 16.3. The van der Waals surface area contributed by atoms with Crippen molar-refractivity contribution in [1.82, 2.24) is 25.4 Å². The van der Waals surface area contributed by atoms with Gasteiger partial charge in [0.1, 0.15) is 23.6 Å². The number of aryl methyl sites for hydroxylation is 1. The topological polar surface area (TPSA) is 161 Å². The molecule has 2 unspecified atom stereocenters. The molecule has 0 bridgehead atoms. The molecule has 0 radical (unpaired) electrons. The lowest BCUT2D eigenvalue weighted by molar-refractivity contribution is -0.125. The Morgan fingerprint density at radius 3 is 2.57 bits per heavy atom. The third-order valence-corrected chi connectivity index (χ3v) is 10.6. The molecule has 1 saturated heterocycles. The van der Waals surface area contributed by atoms with Crippen LogP contribution in [0.5, 0.6) is 5.75 Å². The minimum absolute atomic E-state index is 0.00234. The van der Waals surface area contributed by atoms with E-state index >= 15 is 0 Å². The number of phenolic OH excluding ortho intramolecular Hbond substituents is 1. The lowest BCUT2D eigenvalue weighted by Gasteiger charge is -2.32. The Morgan fingerprint density at radius 1 is 1.06 bits per heavy atom. The number of aldehydes is 1. The molecule has 2 aliphatic heterocycles. The van der Waals surface area contributed by atoms with Crippen molar-refractivity contribution in [3.8, 4) is 5.75 Å². The second-order valence-corrected chi connectivity index (χ2v) is 14.2. The lowest BCUT2D eigenvalue weighted by atomic mass is 9.92. The smallest absolute Gasteiger partial charge is 0.255 e. The van der Waals surface area contributed by atoms with Crippen LogP contribution in [0.25, 0.3) is 10.9 Å². The maximum atomic E-state index is 13.9. The van der Waals surface area contributed by atoms with E-state index in [1.54, 1.807) is 29.3 Å². The first-order valence-corrected chi connectivity index (χ1v) is 18.7. The fraction of sp³-hybridized carbons (Fsp3) is 0.381. The molecule has 1 fully saturated rings. The molecule has 54 heavy (non-hydrogen) atoms. The Kier molecular flexibility index (Phi) is 11.9. The molecule has 12 heteroatoms. The third-order valence-electron chi connectivity index (χ3n) is 10.6. The number of likely N-dealkylation sites (N-methyl/N-ethyl adjacent to an activating group) is 1. The van der Waals surface area contributed by atoms with E-state index in [-0.39, 0.29) is 48.8 Å². The zero-order valence-corrected chi connectivity index (χ0v) is 31.1. The number of aromatic nitrogens is 1. The van der Waals surface area contributed by atoms with Crippen molar-refractivity contribution in [3.63, 3.8) is 0 Å². The van der Waals surface area contributed by atoms with E-state index in [0.717, 1.165) is 41.3 Å². The predicted octanol–water partition coefficient (Wildman–Crippen LogP) is 5.27. The highest BCUT2D eigenvalue weighted by Gasteiger charge is 2.37. The van der Waals surface area contributed by atoms with Crippen molar-refractivity contribution < 1.29 is 29.1 Å². The minimum Gasteiger partial charge on any atom is -0.505 e. The number of likely N-dealkylation sites (tertiary alicyclic amines) is 1. The lowest BCUT2D eigenvalue weighted by Crippen LogP contribution is -2.46. The average molecular weight is 733 g/mol. The molecular weight excluding hydrogens is 684 g/mol. The van der Waals surface area contributed by atoms with Crippen molar-refractivity contribution >= 4 is 46.5 Å². The summed E-state index contributed by atoms with van der Waals surface area (Å²) in [5.74, 6) is -0.475. The van der Waals surface area contributed by atoms with Gasteiger partial charge in [-0.05, 0) is 86.1 Å². The zero-order valence-electron chi connectivity index (χ0n) is 31.1. The Bertz CT molecular complexity index is 2060. The van der Waals surface area contributed by atoms with E-state index in [1.165, 1.54) is 7.05 Å². The number of piperidine rings is 1. The molecule has 4 amide bonds. The molecule has 0 spiro atoms. The number of phenols is 1. The number of pyridine rings is 1. The predicted molar refractivity (Wildman–Crippen MR) is 206 cm³/mol. The van der Waals surface area contributed by atoms with E-state index in [9.17, 15) is 29.1 Å². The third kappa shape index (κ3) is 7.92. The van der Waals surface area contributed by atoms with Gasteiger partial charge < -0.3 is 35.7 Å². The number of aromatic hydroxyl groups is 1. The van der Waals surface area contributed by atoms with Crippen LogP contribution in [0.4, 0.5) is 5.69 Å². The summed E-state index contributed by atoms with van der Waals surface area (Å²) in [4.78, 5) is 71.7. The summed E-state index contributed by atoms with van der Waals surface area (Å²) in [6, 6.07) is 17.0. The van der Waals surface area contributed by atoms with Crippen LogP contribution in [-0.4, -0.2) is 82.5 Å². The zero-order chi connectivity index (χ0) is 38.4. The molecule has 6 rings (SSSR count). The summed E-state index contributed by atoms with van der Waals surface area (Å²) >= 11 is 0. The number of hydrogen-bond donors (Lipinski definition) is 4. The van der Waals surface area contributed by atoms with Crippen LogP contribution in [0, 0.1) is 12.8 Å². The van der Waals surface area contributed by atoms with Gasteiger partial charge in [0.15, 0.2) is 0 Å². The number of nitrogens with zero attached hydrogens (tertiary/aromatic N) is 3. The molecular formula is C42H48N6O6. The fourth-order valence-corrected chi connectivity index (χ4v) is 7.67. The number of nitrogens with one attached hydrogen (secondary N) is 3. The summed E-state index contributed by atoms with van der Waals surface area (Å²) in [6.45, 7) is 5.97. The number of hydrogen-bond acceptors (Lipinski definition) is 8. The van der Waals surface area contributed by atoms with Gasteiger partial charge >= 0.3 is 0 Å². The first-order valence-electron chi connectivity index (χ1n) is 18.7. The fourth-order valence-electron chi connectivity index (χ4n) is 7.67. The summed E-state index contributed by atoms with van der Waals surface area (Å²) in [6.07, 6.45) is 5.40. The minimum atomic E-state index is -0.728. The molecule has 3 heterocycles. The molecule has 4 aromatic rings. The van der Waals surface area contributed by atoms with E-state index < -0.39 is 12.1 Å². The van der Waals surface area contributed by atoms with Gasteiger partial charge in [-0.25, -0.2) is 0 Å². The SMILES string of the molecule is CCCC(=O)NC(c1cccc(C(=O)N2CCC(CNc3cccc4c3CN(C(CCC=O)C(=O)NC)C4=O)CC2)c1)c1cc(C)c2cccnc2c1O. The number of rotatable bonds is 14. The summed E-state index contributed by atoms with van der Waals surface area (Å²) in [5.41, 5.74) is 5.32. The molecule has 0 aliphatic carbocycles. The van der Waals surface area contributed by atoms with Crippen LogP contribution < -0.4 is 16.0 Å². The molecule has 2 aliphatic rings. The molecule has 0 saturated carbocycles. The quantitative estimate of drug-likeness (QED) is 0.128. The van der Waals surface area contributed by atoms with Gasteiger partial charge in [-0.1, -0.05) is 31.2 Å². The molecule has 12 nitrogen and oxygen atoms in total. The first-order chi connectivity index (χ1) is 26.1. The van der Waals surface area contributed by atoms with Crippen LogP contribution in [0.1, 0.15) is 94.5 Å². The van der Waals surface area contributed by atoms with Gasteiger partial charge in [0, 0.05) is 85.6 Å². The van der Waals surface area contributed by atoms with Gasteiger partial charge in [-0.15, -0.1) is 0 Å². The molecule has 282 valence electrons. The second-order valence-electron chi connectivity index (χ2n) is 14.2. The highest BCUT2D eigenvalue weighted by Crippen LogP contribution is 2.37. The molecule has 2 atom stereocenters. The van der Waals surface area contributed by atoms with Crippen LogP contribution in [0.3, 0.4) is 0 Å². The van der Waals surface area contributed by atoms with Crippen LogP contribution in [0.15, 0.2) is 66.9 Å². The Morgan fingerprint density at radius 2 is 1.83 bits per heavy atom. The number of benzene rings is 3. The number of carbonyl (C=O) groups is 5. The van der Waals surface area contributed by atoms with E-state index in [0.29, 0.717) is 66.2 Å². The van der Waals surface area contributed by atoms with Crippen LogP contribution in [-0.2, 0) is 20.9 Å². The van der Waals surface area contributed by atoms with E-state index in [2.05, 4.69) is 20.9 Å². The highest BCUT2D eigenvalue weighted by molar-refractivity contribution is 6.02. The van der Waals surface area contributed by atoms with Gasteiger partial charge in [0.2, 0.25) is 11.8 Å². The number of carbonyl (C=O) groups excluding carboxylic acids is 5. The number of anilines is 1. The van der Waals surface area contributed by atoms with Crippen molar-refractivity contribution in [2.45, 2.75) is 71.0 Å². The van der Waals surface area contributed by atoms with Gasteiger partial charge in [0.25, 0.3) is 11.8 Å². The van der Waals surface area contributed by atoms with Gasteiger partial charge in [-0.2, -0.15) is 0 Å². The summed E-state index contributed by atoms with van der Waals surface area (Å²) in [5, 5.41) is 21.5. The molecule has 4 N–H and O–H groups in total.